The third-order valence-electron chi connectivity index (χ3n) is 10.5. The maximum atomic E-state index is 12.4. The summed E-state index contributed by atoms with van der Waals surface area (Å²) in [6.07, 6.45) is 50.4. The third kappa shape index (κ3) is 38.4. The molecule has 3 unspecified atom stereocenters. The number of hydrogen-bond acceptors (Lipinski definition) is 4. The number of aliphatic hydroxyl groups is 3. The average Bonchev–Trinajstić information content (AvgIpc) is 3.12. The summed E-state index contributed by atoms with van der Waals surface area (Å²) < 4.78 is 0. The molecule has 0 aromatic rings. The lowest BCUT2D eigenvalue weighted by Gasteiger charge is -2.21. The first-order chi connectivity index (χ1) is 25.0. The highest BCUT2D eigenvalue weighted by atomic mass is 16.3. The molecule has 0 aliphatic rings. The summed E-state index contributed by atoms with van der Waals surface area (Å²) in [5.41, 5.74) is 0. The summed E-state index contributed by atoms with van der Waals surface area (Å²) in [6.45, 7) is 4.21. The van der Waals surface area contributed by atoms with Gasteiger partial charge in [0.15, 0.2) is 0 Å². The summed E-state index contributed by atoms with van der Waals surface area (Å²) >= 11 is 0. The molecule has 302 valence electrons. The molecule has 51 heavy (non-hydrogen) atoms. The fourth-order valence-corrected chi connectivity index (χ4v) is 6.98. The van der Waals surface area contributed by atoms with E-state index in [-0.39, 0.29) is 18.9 Å². The number of hydrogen-bond donors (Lipinski definition) is 4. The minimum atomic E-state index is -0.927. The Hall–Kier alpha value is -1.17. The van der Waals surface area contributed by atoms with Gasteiger partial charge in [-0.2, -0.15) is 0 Å². The molecular formula is C46H89NO4. The van der Waals surface area contributed by atoms with Crippen molar-refractivity contribution in [3.8, 4) is 0 Å². The number of carbonyl (C=O) groups is 1. The molecule has 5 heteroatoms. The van der Waals surface area contributed by atoms with Crippen LogP contribution in [0.15, 0.2) is 24.3 Å². The lowest BCUT2D eigenvalue weighted by Crippen LogP contribution is -2.45. The van der Waals surface area contributed by atoms with Crippen LogP contribution in [0.4, 0.5) is 0 Å². The Morgan fingerprint density at radius 3 is 1.20 bits per heavy atom. The summed E-state index contributed by atoms with van der Waals surface area (Å²) in [5.74, 6) is -0.317. The topological polar surface area (TPSA) is 89.8 Å². The van der Waals surface area contributed by atoms with E-state index in [9.17, 15) is 20.1 Å². The fraction of sp³-hybridized carbons (Fsp3) is 0.891. The summed E-state index contributed by atoms with van der Waals surface area (Å²) in [4.78, 5) is 12.4. The number of aliphatic hydroxyl groups excluding tert-OH is 3. The average molecular weight is 720 g/mol. The Bertz CT molecular complexity index is 754. The van der Waals surface area contributed by atoms with Crippen LogP contribution in [0.2, 0.25) is 0 Å². The van der Waals surface area contributed by atoms with Gasteiger partial charge >= 0.3 is 0 Å². The van der Waals surface area contributed by atoms with E-state index in [0.29, 0.717) is 6.42 Å². The number of rotatable bonds is 41. The van der Waals surface area contributed by atoms with Crippen molar-refractivity contribution < 1.29 is 20.1 Å². The molecule has 0 aliphatic carbocycles. The van der Waals surface area contributed by atoms with E-state index in [1.165, 1.54) is 186 Å². The molecule has 3 atom stereocenters. The van der Waals surface area contributed by atoms with Crippen molar-refractivity contribution >= 4 is 5.91 Å². The van der Waals surface area contributed by atoms with Crippen LogP contribution in [-0.2, 0) is 4.79 Å². The molecule has 0 radical (unpaired) electrons. The molecule has 0 aliphatic heterocycles. The summed E-state index contributed by atoms with van der Waals surface area (Å²) in [6, 6.07) is -0.743. The second-order valence-corrected chi connectivity index (χ2v) is 15.7. The lowest BCUT2D eigenvalue weighted by atomic mass is 10.0. The number of amides is 1. The van der Waals surface area contributed by atoms with Gasteiger partial charge < -0.3 is 20.6 Å². The Morgan fingerprint density at radius 2 is 0.824 bits per heavy atom. The quantitative estimate of drug-likeness (QED) is 0.0374. The maximum Gasteiger partial charge on any atom is 0.222 e. The van der Waals surface area contributed by atoms with Crippen molar-refractivity contribution in [1.29, 1.82) is 0 Å². The van der Waals surface area contributed by atoms with Crippen LogP contribution in [0, 0.1) is 0 Å². The van der Waals surface area contributed by atoms with Crippen LogP contribution in [0.1, 0.15) is 239 Å². The first kappa shape index (κ1) is 49.8. The van der Waals surface area contributed by atoms with Crippen molar-refractivity contribution in [2.45, 2.75) is 257 Å². The molecule has 0 saturated carbocycles. The zero-order valence-electron chi connectivity index (χ0n) is 34.2. The molecule has 0 spiro atoms. The van der Waals surface area contributed by atoms with E-state index < -0.39 is 18.2 Å². The Kier molecular flexibility index (Phi) is 40.6. The van der Waals surface area contributed by atoms with Gasteiger partial charge in [-0.25, -0.2) is 0 Å². The zero-order chi connectivity index (χ0) is 37.3. The number of carbonyl (C=O) groups excluding carboxylic acids is 1. The maximum absolute atomic E-state index is 12.4. The third-order valence-corrected chi connectivity index (χ3v) is 10.5. The van der Waals surface area contributed by atoms with Crippen molar-refractivity contribution in [2.24, 2.45) is 0 Å². The van der Waals surface area contributed by atoms with Crippen LogP contribution < -0.4 is 5.32 Å². The molecule has 5 nitrogen and oxygen atoms in total. The molecule has 0 rings (SSSR count). The number of nitrogens with one attached hydrogen (secondary N) is 1. The lowest BCUT2D eigenvalue weighted by molar-refractivity contribution is -0.124. The molecule has 0 fully saturated rings. The SMILES string of the molecule is CCCCCCCCCCCCC/C=C/C(O)C(CO)NC(=O)CC(O)CCCCCCCCC/C=C\CCCCCCCCCCCCCC. The van der Waals surface area contributed by atoms with Gasteiger partial charge in [0.1, 0.15) is 0 Å². The fourth-order valence-electron chi connectivity index (χ4n) is 6.98. The van der Waals surface area contributed by atoms with E-state index in [1.54, 1.807) is 6.08 Å². The van der Waals surface area contributed by atoms with Crippen LogP contribution >= 0.6 is 0 Å². The largest absolute Gasteiger partial charge is 0.394 e. The monoisotopic (exact) mass is 720 g/mol. The first-order valence-corrected chi connectivity index (χ1v) is 22.6. The van der Waals surface area contributed by atoms with Gasteiger partial charge in [-0.3, -0.25) is 4.79 Å². The second-order valence-electron chi connectivity index (χ2n) is 15.7. The van der Waals surface area contributed by atoms with Gasteiger partial charge in [-0.05, 0) is 44.9 Å². The molecule has 0 bridgehead atoms. The highest BCUT2D eigenvalue weighted by Gasteiger charge is 2.20. The van der Waals surface area contributed by atoms with Gasteiger partial charge in [-0.1, -0.05) is 212 Å². The summed E-state index contributed by atoms with van der Waals surface area (Å²) in [7, 11) is 0. The predicted molar refractivity (Wildman–Crippen MR) is 222 cm³/mol. The molecular weight excluding hydrogens is 631 g/mol. The molecule has 1 amide bonds. The smallest absolute Gasteiger partial charge is 0.222 e. The van der Waals surface area contributed by atoms with E-state index in [1.807, 2.05) is 6.08 Å². The minimum absolute atomic E-state index is 0.0124. The van der Waals surface area contributed by atoms with E-state index >= 15 is 0 Å². The van der Waals surface area contributed by atoms with Crippen LogP contribution in [-0.4, -0.2) is 46.1 Å². The van der Waals surface area contributed by atoms with Gasteiger partial charge in [0.05, 0.1) is 31.3 Å². The Balaban J connectivity index is 3.62. The van der Waals surface area contributed by atoms with Gasteiger partial charge in [0.25, 0.3) is 0 Å². The van der Waals surface area contributed by atoms with E-state index in [0.717, 1.165) is 25.7 Å². The molecule has 0 heterocycles. The number of allylic oxidation sites excluding steroid dienone is 3. The van der Waals surface area contributed by atoms with Gasteiger partial charge in [0.2, 0.25) is 5.91 Å². The molecule has 4 N–H and O–H groups in total. The standard InChI is InChI=1S/C46H89NO4/c1-3-5-7-9-11-13-15-17-18-19-20-21-22-23-24-25-26-28-29-31-33-35-37-39-43(49)41-46(51)47-44(42-48)45(50)40-38-36-34-32-30-27-16-14-12-10-8-6-4-2/h23-24,38,40,43-45,48-50H,3-22,25-37,39,41-42H2,1-2H3,(H,47,51)/b24-23-,40-38+. The van der Waals surface area contributed by atoms with Gasteiger partial charge in [-0.15, -0.1) is 0 Å². The van der Waals surface area contributed by atoms with Crippen molar-refractivity contribution in [1.82, 2.24) is 5.32 Å². The van der Waals surface area contributed by atoms with Crippen LogP contribution in [0.5, 0.6) is 0 Å². The zero-order valence-corrected chi connectivity index (χ0v) is 34.2. The highest BCUT2D eigenvalue weighted by molar-refractivity contribution is 5.76. The van der Waals surface area contributed by atoms with Crippen LogP contribution in [0.25, 0.3) is 0 Å². The number of unbranched alkanes of at least 4 members (excludes halogenated alkanes) is 30. The van der Waals surface area contributed by atoms with Crippen molar-refractivity contribution in [3.05, 3.63) is 24.3 Å². The van der Waals surface area contributed by atoms with E-state index in [2.05, 4.69) is 31.3 Å². The van der Waals surface area contributed by atoms with E-state index in [4.69, 9.17) is 0 Å². The van der Waals surface area contributed by atoms with Gasteiger partial charge in [0, 0.05) is 0 Å². The van der Waals surface area contributed by atoms with Crippen molar-refractivity contribution in [3.63, 3.8) is 0 Å². The minimum Gasteiger partial charge on any atom is -0.394 e. The Morgan fingerprint density at radius 1 is 0.490 bits per heavy atom. The summed E-state index contributed by atoms with van der Waals surface area (Å²) in [5, 5.41) is 33.2. The highest BCUT2D eigenvalue weighted by Crippen LogP contribution is 2.15. The first-order valence-electron chi connectivity index (χ1n) is 22.6. The normalized spacial score (nSPS) is 13.7. The van der Waals surface area contributed by atoms with Crippen molar-refractivity contribution in [2.75, 3.05) is 6.61 Å². The predicted octanol–water partition coefficient (Wildman–Crippen LogP) is 13.0. The van der Waals surface area contributed by atoms with Crippen LogP contribution in [0.3, 0.4) is 0 Å². The molecule has 0 aromatic carbocycles. The second kappa shape index (κ2) is 41.6. The molecule has 0 saturated heterocycles. The Labute approximate surface area is 318 Å². The molecule has 0 aromatic heterocycles.